The van der Waals surface area contributed by atoms with E-state index >= 15 is 0 Å². The largest absolute Gasteiger partial charge is 0.368 e. The van der Waals surface area contributed by atoms with Crippen LogP contribution in [0.4, 0.5) is 11.8 Å². The Balaban J connectivity index is 2.90. The van der Waals surface area contributed by atoms with Crippen LogP contribution in [0.2, 0.25) is 0 Å². The lowest BCUT2D eigenvalue weighted by Crippen LogP contribution is -2.30. The number of hydrogen-bond donors (Lipinski definition) is 1. The van der Waals surface area contributed by atoms with E-state index < -0.39 is 0 Å². The van der Waals surface area contributed by atoms with E-state index in [-0.39, 0.29) is 5.41 Å². The van der Waals surface area contributed by atoms with Gasteiger partial charge in [0, 0.05) is 25.4 Å². The van der Waals surface area contributed by atoms with Gasteiger partial charge in [-0.1, -0.05) is 20.8 Å². The van der Waals surface area contributed by atoms with E-state index in [0.29, 0.717) is 5.95 Å². The highest BCUT2D eigenvalue weighted by molar-refractivity contribution is 5.47. The third-order valence-corrected chi connectivity index (χ3v) is 2.04. The lowest BCUT2D eigenvalue weighted by molar-refractivity contribution is 0.417. The Kier molecular flexibility index (Phi) is 3.17. The van der Waals surface area contributed by atoms with Crippen LogP contribution < -0.4 is 10.6 Å². The number of aryl methyl sites for hydroxylation is 1. The molecular formula is C11H20N4. The second kappa shape index (κ2) is 4.04. The molecule has 0 radical (unpaired) electrons. The molecule has 0 saturated heterocycles. The summed E-state index contributed by atoms with van der Waals surface area (Å²) >= 11 is 0. The van der Waals surface area contributed by atoms with Crippen molar-refractivity contribution >= 4 is 11.8 Å². The first kappa shape index (κ1) is 11.8. The monoisotopic (exact) mass is 208 g/mol. The zero-order valence-corrected chi connectivity index (χ0v) is 10.2. The molecule has 0 fully saturated rings. The molecule has 0 aliphatic heterocycles. The van der Waals surface area contributed by atoms with E-state index in [4.69, 9.17) is 5.73 Å². The van der Waals surface area contributed by atoms with Crippen LogP contribution in [0, 0.1) is 12.3 Å². The van der Waals surface area contributed by atoms with Crippen molar-refractivity contribution in [2.24, 2.45) is 5.41 Å². The smallest absolute Gasteiger partial charge is 0.221 e. The van der Waals surface area contributed by atoms with Crippen molar-refractivity contribution in [1.29, 1.82) is 0 Å². The standard InChI is InChI=1S/C11H20N4/c1-8-6-13-10(12)14-9(8)15(5)7-11(2,3)4/h6H,7H2,1-5H3,(H2,12,13,14). The fraction of sp³-hybridized carbons (Fsp3) is 0.636. The molecule has 0 unspecified atom stereocenters. The van der Waals surface area contributed by atoms with Gasteiger partial charge in [-0.2, -0.15) is 4.98 Å². The highest BCUT2D eigenvalue weighted by Gasteiger charge is 2.16. The molecule has 0 aliphatic carbocycles. The summed E-state index contributed by atoms with van der Waals surface area (Å²) in [5.74, 6) is 1.24. The van der Waals surface area contributed by atoms with E-state index in [0.717, 1.165) is 17.9 Å². The summed E-state index contributed by atoms with van der Waals surface area (Å²) in [6.07, 6.45) is 1.76. The van der Waals surface area contributed by atoms with Gasteiger partial charge in [-0.3, -0.25) is 0 Å². The van der Waals surface area contributed by atoms with Gasteiger partial charge in [0.25, 0.3) is 0 Å². The summed E-state index contributed by atoms with van der Waals surface area (Å²) in [6.45, 7) is 9.52. The maximum Gasteiger partial charge on any atom is 0.221 e. The van der Waals surface area contributed by atoms with Crippen molar-refractivity contribution in [3.8, 4) is 0 Å². The molecule has 1 rings (SSSR count). The predicted octanol–water partition coefficient (Wildman–Crippen LogP) is 1.85. The average Bonchev–Trinajstić information content (AvgIpc) is 2.06. The molecule has 0 saturated carbocycles. The van der Waals surface area contributed by atoms with Crippen LogP contribution in [0.3, 0.4) is 0 Å². The number of hydrogen-bond acceptors (Lipinski definition) is 4. The molecule has 1 aromatic heterocycles. The van der Waals surface area contributed by atoms with Crippen molar-refractivity contribution in [2.75, 3.05) is 24.2 Å². The Morgan fingerprint density at radius 1 is 1.40 bits per heavy atom. The molecule has 1 heterocycles. The zero-order chi connectivity index (χ0) is 11.6. The van der Waals surface area contributed by atoms with Gasteiger partial charge in [0.15, 0.2) is 0 Å². The van der Waals surface area contributed by atoms with Gasteiger partial charge in [0.2, 0.25) is 5.95 Å². The molecule has 0 amide bonds. The maximum absolute atomic E-state index is 5.58. The molecule has 1 aromatic rings. The van der Waals surface area contributed by atoms with Gasteiger partial charge in [0.05, 0.1) is 0 Å². The van der Waals surface area contributed by atoms with Crippen molar-refractivity contribution in [2.45, 2.75) is 27.7 Å². The SMILES string of the molecule is Cc1cnc(N)nc1N(C)CC(C)(C)C. The summed E-state index contributed by atoms with van der Waals surface area (Å²) in [4.78, 5) is 10.3. The van der Waals surface area contributed by atoms with Crippen LogP contribution in [0.15, 0.2) is 6.20 Å². The van der Waals surface area contributed by atoms with Crippen LogP contribution in [0.5, 0.6) is 0 Å². The molecule has 0 aliphatic rings. The number of nitrogen functional groups attached to an aromatic ring is 1. The van der Waals surface area contributed by atoms with Crippen LogP contribution in [-0.4, -0.2) is 23.6 Å². The molecule has 4 nitrogen and oxygen atoms in total. The van der Waals surface area contributed by atoms with Gasteiger partial charge < -0.3 is 10.6 Å². The Morgan fingerprint density at radius 3 is 2.53 bits per heavy atom. The number of nitrogens with two attached hydrogens (primary N) is 1. The average molecular weight is 208 g/mol. The summed E-state index contributed by atoms with van der Waals surface area (Å²) in [5.41, 5.74) is 6.87. The van der Waals surface area contributed by atoms with Gasteiger partial charge in [-0.05, 0) is 12.3 Å². The predicted molar refractivity (Wildman–Crippen MR) is 63.9 cm³/mol. The van der Waals surface area contributed by atoms with Crippen molar-refractivity contribution in [3.05, 3.63) is 11.8 Å². The van der Waals surface area contributed by atoms with Crippen LogP contribution >= 0.6 is 0 Å². The molecule has 0 spiro atoms. The second-order valence-corrected chi connectivity index (χ2v) is 5.15. The quantitative estimate of drug-likeness (QED) is 0.806. The van der Waals surface area contributed by atoms with Crippen molar-refractivity contribution in [1.82, 2.24) is 9.97 Å². The number of rotatable bonds is 2. The topological polar surface area (TPSA) is 55.0 Å². The minimum absolute atomic E-state index is 0.237. The fourth-order valence-corrected chi connectivity index (χ4v) is 1.62. The summed E-state index contributed by atoms with van der Waals surface area (Å²) in [6, 6.07) is 0. The van der Waals surface area contributed by atoms with Gasteiger partial charge in [0.1, 0.15) is 5.82 Å². The molecule has 0 atom stereocenters. The van der Waals surface area contributed by atoms with Gasteiger partial charge in [-0.25, -0.2) is 4.98 Å². The lowest BCUT2D eigenvalue weighted by atomic mass is 9.96. The molecular weight excluding hydrogens is 188 g/mol. The first-order valence-electron chi connectivity index (χ1n) is 5.10. The fourth-order valence-electron chi connectivity index (χ4n) is 1.62. The third kappa shape index (κ3) is 3.38. The summed E-state index contributed by atoms with van der Waals surface area (Å²) in [5, 5.41) is 0. The van der Waals surface area contributed by atoms with Crippen LogP contribution in [0.1, 0.15) is 26.3 Å². The first-order valence-corrected chi connectivity index (χ1v) is 5.10. The maximum atomic E-state index is 5.58. The zero-order valence-electron chi connectivity index (χ0n) is 10.2. The minimum atomic E-state index is 0.237. The summed E-state index contributed by atoms with van der Waals surface area (Å²) < 4.78 is 0. The van der Waals surface area contributed by atoms with E-state index in [1.54, 1.807) is 6.20 Å². The first-order chi connectivity index (χ1) is 6.79. The Bertz CT molecular complexity index is 341. The van der Waals surface area contributed by atoms with Gasteiger partial charge >= 0.3 is 0 Å². The molecule has 4 heteroatoms. The van der Waals surface area contributed by atoms with E-state index in [1.807, 2.05) is 14.0 Å². The molecule has 15 heavy (non-hydrogen) atoms. The number of anilines is 2. The Morgan fingerprint density at radius 2 is 2.00 bits per heavy atom. The minimum Gasteiger partial charge on any atom is -0.368 e. The molecule has 84 valence electrons. The van der Waals surface area contributed by atoms with Gasteiger partial charge in [-0.15, -0.1) is 0 Å². The van der Waals surface area contributed by atoms with E-state index in [1.165, 1.54) is 0 Å². The van der Waals surface area contributed by atoms with E-state index in [9.17, 15) is 0 Å². The summed E-state index contributed by atoms with van der Waals surface area (Å²) in [7, 11) is 2.03. The highest BCUT2D eigenvalue weighted by Crippen LogP contribution is 2.21. The lowest BCUT2D eigenvalue weighted by Gasteiger charge is -2.28. The highest BCUT2D eigenvalue weighted by atomic mass is 15.2. The third-order valence-electron chi connectivity index (χ3n) is 2.04. The normalized spacial score (nSPS) is 11.5. The molecule has 0 bridgehead atoms. The second-order valence-electron chi connectivity index (χ2n) is 5.15. The molecule has 0 aromatic carbocycles. The van der Waals surface area contributed by atoms with Crippen LogP contribution in [-0.2, 0) is 0 Å². The Hall–Kier alpha value is -1.32. The van der Waals surface area contributed by atoms with E-state index in [2.05, 4.69) is 35.6 Å². The van der Waals surface area contributed by atoms with Crippen molar-refractivity contribution in [3.63, 3.8) is 0 Å². The number of nitrogens with zero attached hydrogens (tertiary/aromatic N) is 3. The van der Waals surface area contributed by atoms with Crippen LogP contribution in [0.25, 0.3) is 0 Å². The van der Waals surface area contributed by atoms with Crippen molar-refractivity contribution < 1.29 is 0 Å². The Labute approximate surface area is 91.5 Å². The number of aromatic nitrogens is 2. The molecule has 2 N–H and O–H groups in total.